The molecule has 0 radical (unpaired) electrons. The molecular weight excluding hydrogens is 194 g/mol. The van der Waals surface area contributed by atoms with E-state index in [1.165, 1.54) is 0 Å². The third-order valence-electron chi connectivity index (χ3n) is 2.15. The zero-order chi connectivity index (χ0) is 10.6. The first kappa shape index (κ1) is 11.6. The Balaban J connectivity index is 2.60. The van der Waals surface area contributed by atoms with Crippen LogP contribution in [0.15, 0.2) is 29.2 Å². The first-order valence-corrected chi connectivity index (χ1v) is 5.16. The highest BCUT2D eigenvalue weighted by Crippen LogP contribution is 2.23. The summed E-state index contributed by atoms with van der Waals surface area (Å²) in [5.74, 6) is 0. The topological polar surface area (TPSA) is 23.5 Å². The molecule has 0 bridgehead atoms. The second kappa shape index (κ2) is 5.39. The number of hydrogen-bond acceptors (Lipinski definition) is 3. The highest BCUT2D eigenvalue weighted by Gasteiger charge is 2.09. The number of hydrogen-bond donors (Lipinski definition) is 2. The van der Waals surface area contributed by atoms with Gasteiger partial charge in [-0.05, 0) is 32.1 Å². The summed E-state index contributed by atoms with van der Waals surface area (Å²) in [6.07, 6.45) is 0.330. The van der Waals surface area contributed by atoms with E-state index in [1.807, 2.05) is 38.4 Å². The van der Waals surface area contributed by atoms with E-state index in [2.05, 4.69) is 17.5 Å². The lowest BCUT2D eigenvalue weighted by molar-refractivity contribution is 0.152. The number of aliphatic hydroxyl groups is 1. The van der Waals surface area contributed by atoms with Crippen molar-refractivity contribution >= 4 is 12.6 Å². The molecule has 3 heteroatoms. The molecule has 14 heavy (non-hydrogen) atoms. The van der Waals surface area contributed by atoms with Gasteiger partial charge in [0.2, 0.25) is 0 Å². The van der Waals surface area contributed by atoms with Gasteiger partial charge in [-0.25, -0.2) is 0 Å². The number of rotatable bonds is 4. The summed E-state index contributed by atoms with van der Waals surface area (Å²) in [7, 11) is 4.00. The highest BCUT2D eigenvalue weighted by atomic mass is 32.1. The zero-order valence-corrected chi connectivity index (χ0v) is 9.54. The van der Waals surface area contributed by atoms with Gasteiger partial charge >= 0.3 is 0 Å². The van der Waals surface area contributed by atoms with Crippen molar-refractivity contribution in [2.75, 3.05) is 20.6 Å². The molecule has 0 unspecified atom stereocenters. The summed E-state index contributed by atoms with van der Waals surface area (Å²) < 4.78 is 0. The lowest BCUT2D eigenvalue weighted by Crippen LogP contribution is -2.16. The van der Waals surface area contributed by atoms with Crippen LogP contribution in [0.2, 0.25) is 0 Å². The van der Waals surface area contributed by atoms with Crippen LogP contribution in [0.5, 0.6) is 0 Å². The van der Waals surface area contributed by atoms with Gasteiger partial charge in [-0.15, -0.1) is 12.6 Å². The summed E-state index contributed by atoms with van der Waals surface area (Å²) in [5, 5.41) is 9.87. The van der Waals surface area contributed by atoms with Crippen molar-refractivity contribution in [3.63, 3.8) is 0 Å². The Labute approximate surface area is 91.0 Å². The average Bonchev–Trinajstić information content (AvgIpc) is 2.15. The SMILES string of the molecule is CN(C)CC[C@@H](O)c1ccccc1S. The van der Waals surface area contributed by atoms with Crippen molar-refractivity contribution in [3.8, 4) is 0 Å². The Morgan fingerprint density at radius 3 is 2.57 bits per heavy atom. The van der Waals surface area contributed by atoms with E-state index in [0.29, 0.717) is 0 Å². The Morgan fingerprint density at radius 1 is 1.36 bits per heavy atom. The quantitative estimate of drug-likeness (QED) is 0.744. The summed E-state index contributed by atoms with van der Waals surface area (Å²) in [6.45, 7) is 0.878. The number of aliphatic hydroxyl groups excluding tert-OH is 1. The zero-order valence-electron chi connectivity index (χ0n) is 8.64. The molecule has 0 spiro atoms. The fourth-order valence-electron chi connectivity index (χ4n) is 1.31. The van der Waals surface area contributed by atoms with Gasteiger partial charge in [0.25, 0.3) is 0 Å². The minimum atomic E-state index is -0.411. The molecule has 0 saturated heterocycles. The predicted octanol–water partition coefficient (Wildman–Crippen LogP) is 1.96. The van der Waals surface area contributed by atoms with Gasteiger partial charge in [0.1, 0.15) is 0 Å². The predicted molar refractivity (Wildman–Crippen MR) is 61.8 cm³/mol. The monoisotopic (exact) mass is 211 g/mol. The van der Waals surface area contributed by atoms with Crippen LogP contribution in [-0.2, 0) is 0 Å². The van der Waals surface area contributed by atoms with Crippen LogP contribution in [0.4, 0.5) is 0 Å². The van der Waals surface area contributed by atoms with E-state index in [9.17, 15) is 5.11 Å². The molecule has 2 nitrogen and oxygen atoms in total. The Hall–Kier alpha value is -0.510. The third kappa shape index (κ3) is 3.33. The fraction of sp³-hybridized carbons (Fsp3) is 0.455. The van der Waals surface area contributed by atoms with Crippen LogP contribution in [0.3, 0.4) is 0 Å². The molecule has 1 atom stereocenters. The summed E-state index contributed by atoms with van der Waals surface area (Å²) >= 11 is 4.31. The Bertz CT molecular complexity index is 288. The maximum Gasteiger partial charge on any atom is 0.0812 e. The van der Waals surface area contributed by atoms with Gasteiger partial charge in [-0.2, -0.15) is 0 Å². The van der Waals surface area contributed by atoms with Crippen molar-refractivity contribution in [1.82, 2.24) is 4.90 Å². The van der Waals surface area contributed by atoms with Crippen molar-refractivity contribution in [1.29, 1.82) is 0 Å². The second-order valence-electron chi connectivity index (χ2n) is 3.67. The minimum Gasteiger partial charge on any atom is -0.388 e. The highest BCUT2D eigenvalue weighted by molar-refractivity contribution is 7.80. The fourth-order valence-corrected chi connectivity index (χ4v) is 1.61. The lowest BCUT2D eigenvalue weighted by Gasteiger charge is -2.15. The van der Waals surface area contributed by atoms with Gasteiger partial charge in [0.05, 0.1) is 6.10 Å². The van der Waals surface area contributed by atoms with Gasteiger partial charge in [-0.1, -0.05) is 18.2 Å². The molecule has 78 valence electrons. The first-order chi connectivity index (χ1) is 6.61. The summed E-state index contributed by atoms with van der Waals surface area (Å²) in [4.78, 5) is 2.92. The van der Waals surface area contributed by atoms with Crippen molar-refractivity contribution in [2.45, 2.75) is 17.4 Å². The third-order valence-corrected chi connectivity index (χ3v) is 2.55. The van der Waals surface area contributed by atoms with Gasteiger partial charge in [0, 0.05) is 11.4 Å². The molecule has 0 amide bonds. The molecule has 0 aromatic heterocycles. The standard InChI is InChI=1S/C11H17NOS/c1-12(2)8-7-10(13)9-5-3-4-6-11(9)14/h3-6,10,13-14H,7-8H2,1-2H3/t10-/m1/s1. The molecule has 0 saturated carbocycles. The van der Waals surface area contributed by atoms with E-state index in [1.54, 1.807) is 0 Å². The van der Waals surface area contributed by atoms with Crippen LogP contribution in [0.25, 0.3) is 0 Å². The summed E-state index contributed by atoms with van der Waals surface area (Å²) in [6, 6.07) is 7.67. The minimum absolute atomic E-state index is 0.411. The average molecular weight is 211 g/mol. The molecule has 0 fully saturated rings. The maximum atomic E-state index is 9.87. The second-order valence-corrected chi connectivity index (χ2v) is 4.15. The van der Waals surface area contributed by atoms with Gasteiger partial charge in [0.15, 0.2) is 0 Å². The van der Waals surface area contributed by atoms with E-state index < -0.39 is 6.10 Å². The van der Waals surface area contributed by atoms with E-state index >= 15 is 0 Å². The van der Waals surface area contributed by atoms with Crippen molar-refractivity contribution < 1.29 is 5.11 Å². The molecular formula is C11H17NOS. The molecule has 0 aliphatic heterocycles. The van der Waals surface area contributed by atoms with Crippen LogP contribution in [0.1, 0.15) is 18.1 Å². The van der Waals surface area contributed by atoms with Crippen molar-refractivity contribution in [2.24, 2.45) is 0 Å². The van der Waals surface area contributed by atoms with Crippen LogP contribution < -0.4 is 0 Å². The van der Waals surface area contributed by atoms with Crippen LogP contribution >= 0.6 is 12.6 Å². The van der Waals surface area contributed by atoms with E-state index in [-0.39, 0.29) is 0 Å². The number of benzene rings is 1. The molecule has 1 aromatic rings. The molecule has 0 aliphatic rings. The number of nitrogens with zero attached hydrogens (tertiary/aromatic N) is 1. The van der Waals surface area contributed by atoms with Crippen molar-refractivity contribution in [3.05, 3.63) is 29.8 Å². The van der Waals surface area contributed by atoms with E-state index in [0.717, 1.165) is 23.4 Å². The Kier molecular flexibility index (Phi) is 4.45. The normalized spacial score (nSPS) is 13.2. The largest absolute Gasteiger partial charge is 0.388 e. The van der Waals surface area contributed by atoms with E-state index in [4.69, 9.17) is 0 Å². The van der Waals surface area contributed by atoms with Crippen LogP contribution in [-0.4, -0.2) is 30.6 Å². The molecule has 1 N–H and O–H groups in total. The van der Waals surface area contributed by atoms with Gasteiger partial charge in [-0.3, -0.25) is 0 Å². The smallest absolute Gasteiger partial charge is 0.0812 e. The molecule has 1 aromatic carbocycles. The number of thiol groups is 1. The van der Waals surface area contributed by atoms with Gasteiger partial charge < -0.3 is 10.0 Å². The first-order valence-electron chi connectivity index (χ1n) is 4.72. The molecule has 0 heterocycles. The summed E-state index contributed by atoms with van der Waals surface area (Å²) in [5.41, 5.74) is 0.915. The van der Waals surface area contributed by atoms with Crippen LogP contribution in [0, 0.1) is 0 Å². The molecule has 0 aliphatic carbocycles. The lowest BCUT2D eigenvalue weighted by atomic mass is 10.1. The maximum absolute atomic E-state index is 9.87. The Morgan fingerprint density at radius 2 is 2.00 bits per heavy atom. The molecule has 1 rings (SSSR count).